The highest BCUT2D eigenvalue weighted by atomic mass is 32.2. The molecule has 1 N–H and O–H groups in total. The van der Waals surface area contributed by atoms with Crippen LogP contribution in [0.2, 0.25) is 0 Å². The van der Waals surface area contributed by atoms with Crippen molar-refractivity contribution in [2.24, 2.45) is 5.10 Å². The van der Waals surface area contributed by atoms with E-state index < -0.39 is 0 Å². The fourth-order valence-electron chi connectivity index (χ4n) is 2.45. The van der Waals surface area contributed by atoms with E-state index in [0.717, 1.165) is 20.9 Å². The van der Waals surface area contributed by atoms with E-state index in [0.29, 0.717) is 11.3 Å². The molecule has 3 aromatic heterocycles. The van der Waals surface area contributed by atoms with Crippen LogP contribution in [0.25, 0.3) is 10.9 Å². The van der Waals surface area contributed by atoms with Gasteiger partial charge < -0.3 is 4.42 Å². The molecule has 27 heavy (non-hydrogen) atoms. The van der Waals surface area contributed by atoms with Crippen molar-refractivity contribution in [1.82, 2.24) is 15.4 Å². The van der Waals surface area contributed by atoms with Gasteiger partial charge in [-0.3, -0.25) is 14.8 Å². The first-order valence-electron chi connectivity index (χ1n) is 8.14. The Morgan fingerprint density at radius 1 is 1.04 bits per heavy atom. The molecule has 1 aromatic carbocycles. The second kappa shape index (κ2) is 7.84. The van der Waals surface area contributed by atoms with Crippen molar-refractivity contribution in [3.8, 4) is 0 Å². The van der Waals surface area contributed by atoms with Crippen molar-refractivity contribution in [2.45, 2.75) is 9.99 Å². The fourth-order valence-corrected chi connectivity index (χ4v) is 3.35. The normalized spacial score (nSPS) is 11.1. The summed E-state index contributed by atoms with van der Waals surface area (Å²) in [5.74, 6) is 0.234. The SMILES string of the molecule is O=C(NN=Cc1ccc(Sc2cccc3cccnc23)o1)c1ccncc1. The lowest BCUT2D eigenvalue weighted by molar-refractivity contribution is 0.0955. The Labute approximate surface area is 159 Å². The van der Waals surface area contributed by atoms with Gasteiger partial charge in [-0.15, -0.1) is 0 Å². The number of furan rings is 1. The van der Waals surface area contributed by atoms with Crippen LogP contribution in [-0.2, 0) is 0 Å². The molecule has 0 aliphatic heterocycles. The minimum atomic E-state index is -0.309. The van der Waals surface area contributed by atoms with Gasteiger partial charge in [0.15, 0.2) is 5.09 Å². The molecule has 0 aliphatic rings. The molecule has 1 amide bonds. The minimum absolute atomic E-state index is 0.309. The summed E-state index contributed by atoms with van der Waals surface area (Å²) in [5, 5.41) is 5.72. The first kappa shape index (κ1) is 17.0. The predicted octanol–water partition coefficient (Wildman–Crippen LogP) is 4.14. The molecule has 0 radical (unpaired) electrons. The van der Waals surface area contributed by atoms with Gasteiger partial charge in [-0.1, -0.05) is 18.2 Å². The maximum Gasteiger partial charge on any atom is 0.271 e. The van der Waals surface area contributed by atoms with Crippen LogP contribution in [0, 0.1) is 0 Å². The third-order valence-electron chi connectivity index (χ3n) is 3.71. The smallest absolute Gasteiger partial charge is 0.271 e. The summed E-state index contributed by atoms with van der Waals surface area (Å²) in [5.41, 5.74) is 3.88. The lowest BCUT2D eigenvalue weighted by Gasteiger charge is -2.02. The number of carbonyl (C=O) groups is 1. The van der Waals surface area contributed by atoms with Crippen LogP contribution in [0.1, 0.15) is 16.1 Å². The van der Waals surface area contributed by atoms with Gasteiger partial charge in [-0.25, -0.2) is 5.43 Å². The van der Waals surface area contributed by atoms with E-state index in [9.17, 15) is 4.79 Å². The number of nitrogens with one attached hydrogen (secondary N) is 1. The zero-order chi connectivity index (χ0) is 18.5. The van der Waals surface area contributed by atoms with E-state index >= 15 is 0 Å². The van der Waals surface area contributed by atoms with Gasteiger partial charge in [-0.05, 0) is 48.2 Å². The van der Waals surface area contributed by atoms with Gasteiger partial charge in [0.25, 0.3) is 5.91 Å². The zero-order valence-corrected chi connectivity index (χ0v) is 14.9. The molecule has 4 aromatic rings. The van der Waals surface area contributed by atoms with Crippen LogP contribution < -0.4 is 5.43 Å². The predicted molar refractivity (Wildman–Crippen MR) is 104 cm³/mol. The lowest BCUT2D eigenvalue weighted by atomic mass is 10.2. The molecule has 0 spiro atoms. The average Bonchev–Trinajstić information content (AvgIpc) is 3.16. The molecule has 0 aliphatic carbocycles. The molecule has 4 rings (SSSR count). The van der Waals surface area contributed by atoms with Crippen LogP contribution in [0.4, 0.5) is 0 Å². The molecule has 0 unspecified atom stereocenters. The first-order chi connectivity index (χ1) is 13.3. The van der Waals surface area contributed by atoms with Crippen molar-refractivity contribution in [1.29, 1.82) is 0 Å². The van der Waals surface area contributed by atoms with E-state index in [1.807, 2.05) is 36.4 Å². The summed E-state index contributed by atoms with van der Waals surface area (Å²) < 4.78 is 5.75. The second-order valence-electron chi connectivity index (χ2n) is 5.53. The highest BCUT2D eigenvalue weighted by molar-refractivity contribution is 7.99. The molecule has 0 atom stereocenters. The van der Waals surface area contributed by atoms with Gasteiger partial charge in [0.2, 0.25) is 0 Å². The number of aromatic nitrogens is 2. The Morgan fingerprint density at radius 3 is 2.78 bits per heavy atom. The quantitative estimate of drug-likeness (QED) is 0.419. The molecule has 0 saturated heterocycles. The van der Waals surface area contributed by atoms with Gasteiger partial charge in [0.05, 0.1) is 11.7 Å². The Bertz CT molecular complexity index is 1100. The zero-order valence-electron chi connectivity index (χ0n) is 14.1. The number of amides is 1. The molecule has 0 saturated carbocycles. The monoisotopic (exact) mass is 374 g/mol. The number of hydrogen-bond donors (Lipinski definition) is 1. The fraction of sp³-hybridized carbons (Fsp3) is 0. The molecule has 6 nitrogen and oxygen atoms in total. The number of benzene rings is 1. The van der Waals surface area contributed by atoms with Crippen molar-refractivity contribution in [2.75, 3.05) is 0 Å². The largest absolute Gasteiger partial charge is 0.448 e. The Kier molecular flexibility index (Phi) is 4.93. The number of nitrogens with zero attached hydrogens (tertiary/aromatic N) is 3. The summed E-state index contributed by atoms with van der Waals surface area (Å²) in [6, 6.07) is 16.9. The first-order valence-corrected chi connectivity index (χ1v) is 8.96. The molecule has 0 bridgehead atoms. The summed E-state index contributed by atoms with van der Waals surface area (Å²) >= 11 is 1.49. The number of fused-ring (bicyclic) bond motifs is 1. The van der Waals surface area contributed by atoms with Gasteiger partial charge in [0, 0.05) is 34.4 Å². The Morgan fingerprint density at radius 2 is 1.89 bits per heavy atom. The molecular formula is C20H14N4O2S. The van der Waals surface area contributed by atoms with E-state index in [-0.39, 0.29) is 5.91 Å². The molecule has 3 heterocycles. The van der Waals surface area contributed by atoms with Crippen LogP contribution >= 0.6 is 11.8 Å². The summed E-state index contributed by atoms with van der Waals surface area (Å²) in [6.45, 7) is 0. The molecular weight excluding hydrogens is 360 g/mol. The Hall–Kier alpha value is -3.45. The highest BCUT2D eigenvalue weighted by Crippen LogP contribution is 2.33. The number of hydrazone groups is 1. The Balaban J connectivity index is 1.43. The van der Waals surface area contributed by atoms with Crippen LogP contribution in [0.15, 0.2) is 92.7 Å². The minimum Gasteiger partial charge on any atom is -0.448 e. The van der Waals surface area contributed by atoms with E-state index in [4.69, 9.17) is 4.42 Å². The van der Waals surface area contributed by atoms with Gasteiger partial charge >= 0.3 is 0 Å². The highest BCUT2D eigenvalue weighted by Gasteiger charge is 2.07. The molecule has 0 fully saturated rings. The van der Waals surface area contributed by atoms with Gasteiger partial charge in [0.1, 0.15) is 5.76 Å². The van der Waals surface area contributed by atoms with Crippen LogP contribution in [0.5, 0.6) is 0 Å². The van der Waals surface area contributed by atoms with E-state index in [1.165, 1.54) is 18.0 Å². The van der Waals surface area contributed by atoms with E-state index in [1.54, 1.807) is 36.8 Å². The maximum atomic E-state index is 11.9. The standard InChI is InChI=1S/C20H14N4O2S/c25-20(15-8-11-21-12-9-15)24-23-13-16-6-7-18(26-16)27-17-5-1-3-14-4-2-10-22-19(14)17/h1-13H,(H,24,25). The number of hydrogen-bond acceptors (Lipinski definition) is 6. The number of pyridine rings is 2. The van der Waals surface area contributed by atoms with E-state index in [2.05, 4.69) is 20.5 Å². The van der Waals surface area contributed by atoms with Crippen LogP contribution in [0.3, 0.4) is 0 Å². The van der Waals surface area contributed by atoms with Crippen molar-refractivity contribution in [3.05, 3.63) is 84.5 Å². The molecule has 7 heteroatoms. The van der Waals surface area contributed by atoms with Crippen molar-refractivity contribution < 1.29 is 9.21 Å². The topological polar surface area (TPSA) is 80.4 Å². The molecule has 132 valence electrons. The average molecular weight is 374 g/mol. The van der Waals surface area contributed by atoms with Crippen LogP contribution in [-0.4, -0.2) is 22.1 Å². The summed E-state index contributed by atoms with van der Waals surface area (Å²) in [6.07, 6.45) is 6.34. The van der Waals surface area contributed by atoms with Crippen molar-refractivity contribution >= 4 is 34.8 Å². The third-order valence-corrected chi connectivity index (χ3v) is 4.68. The third kappa shape index (κ3) is 4.04. The number of rotatable bonds is 5. The van der Waals surface area contributed by atoms with Crippen molar-refractivity contribution in [3.63, 3.8) is 0 Å². The number of para-hydroxylation sites is 1. The maximum absolute atomic E-state index is 11.9. The lowest BCUT2D eigenvalue weighted by Crippen LogP contribution is -2.17. The summed E-state index contributed by atoms with van der Waals surface area (Å²) in [7, 11) is 0. The van der Waals surface area contributed by atoms with Gasteiger partial charge in [-0.2, -0.15) is 5.10 Å². The summed E-state index contributed by atoms with van der Waals surface area (Å²) in [4.78, 5) is 21.2. The number of carbonyl (C=O) groups excluding carboxylic acids is 1. The second-order valence-corrected chi connectivity index (χ2v) is 6.57.